The number of hydrogen-bond acceptors (Lipinski definition) is 3. The lowest BCUT2D eigenvalue weighted by Gasteiger charge is -2.42. The first kappa shape index (κ1) is 15.8. The van der Waals surface area contributed by atoms with E-state index >= 15 is 0 Å². The van der Waals surface area contributed by atoms with Crippen molar-refractivity contribution in [1.82, 2.24) is 9.80 Å². The third-order valence-electron chi connectivity index (χ3n) is 3.76. The molecule has 1 aliphatic heterocycles. The molecule has 1 aliphatic rings. The maximum Gasteiger partial charge on any atom is 0.260 e. The van der Waals surface area contributed by atoms with Crippen molar-refractivity contribution in [2.45, 2.75) is 26.3 Å². The molecule has 0 aromatic heterocycles. The van der Waals surface area contributed by atoms with Gasteiger partial charge in [-0.25, -0.2) is 4.39 Å². The number of amides is 1. The Balaban J connectivity index is 1.78. The molecule has 0 saturated carbocycles. The summed E-state index contributed by atoms with van der Waals surface area (Å²) in [7, 11) is 0. The minimum Gasteiger partial charge on any atom is -0.484 e. The van der Waals surface area contributed by atoms with E-state index in [1.807, 2.05) is 4.90 Å². The number of halogens is 1. The topological polar surface area (TPSA) is 32.8 Å². The first-order valence-electron chi connectivity index (χ1n) is 7.27. The molecule has 1 amide bonds. The van der Waals surface area contributed by atoms with Gasteiger partial charge in [0, 0.05) is 31.7 Å². The Bertz CT molecular complexity index is 474. The fraction of sp³-hybridized carbons (Fsp3) is 0.562. The van der Waals surface area contributed by atoms with E-state index in [1.54, 1.807) is 0 Å². The molecule has 1 fully saturated rings. The highest BCUT2D eigenvalue weighted by Gasteiger charge is 2.27. The van der Waals surface area contributed by atoms with Gasteiger partial charge in [0.1, 0.15) is 11.6 Å². The predicted molar refractivity (Wildman–Crippen MR) is 79.8 cm³/mol. The van der Waals surface area contributed by atoms with Gasteiger partial charge in [0.15, 0.2) is 6.61 Å². The van der Waals surface area contributed by atoms with Crippen LogP contribution in [0.1, 0.15) is 20.8 Å². The summed E-state index contributed by atoms with van der Waals surface area (Å²) in [6.07, 6.45) is 0. The van der Waals surface area contributed by atoms with E-state index in [1.165, 1.54) is 24.3 Å². The SMILES string of the molecule is CC(C)(C)N1CCN(C(=O)COc2ccc(F)cc2)CC1. The van der Waals surface area contributed by atoms with Crippen molar-refractivity contribution in [3.8, 4) is 5.75 Å². The van der Waals surface area contributed by atoms with Gasteiger partial charge in [0.05, 0.1) is 0 Å². The van der Waals surface area contributed by atoms with Crippen LogP contribution in [0.3, 0.4) is 0 Å². The van der Waals surface area contributed by atoms with E-state index < -0.39 is 0 Å². The van der Waals surface area contributed by atoms with Gasteiger partial charge in [-0.3, -0.25) is 9.69 Å². The van der Waals surface area contributed by atoms with Crippen LogP contribution in [-0.4, -0.2) is 54.0 Å². The average Bonchev–Trinajstić information content (AvgIpc) is 2.45. The second-order valence-electron chi connectivity index (χ2n) is 6.28. The average molecular weight is 294 g/mol. The van der Waals surface area contributed by atoms with Crippen LogP contribution < -0.4 is 4.74 Å². The monoisotopic (exact) mass is 294 g/mol. The summed E-state index contributed by atoms with van der Waals surface area (Å²) in [6, 6.07) is 5.70. The number of nitrogens with zero attached hydrogens (tertiary/aromatic N) is 2. The molecule has 0 spiro atoms. The molecule has 0 unspecified atom stereocenters. The summed E-state index contributed by atoms with van der Waals surface area (Å²) in [5.74, 6) is 0.179. The van der Waals surface area contributed by atoms with Crippen molar-refractivity contribution in [1.29, 1.82) is 0 Å². The van der Waals surface area contributed by atoms with Gasteiger partial charge in [0.25, 0.3) is 5.91 Å². The molecule has 1 heterocycles. The molecule has 2 rings (SSSR count). The zero-order valence-electron chi connectivity index (χ0n) is 12.9. The summed E-state index contributed by atoms with van der Waals surface area (Å²) in [6.45, 7) is 9.76. The highest BCUT2D eigenvalue weighted by atomic mass is 19.1. The van der Waals surface area contributed by atoms with E-state index in [0.717, 1.165) is 26.2 Å². The summed E-state index contributed by atoms with van der Waals surface area (Å²) in [5, 5.41) is 0. The Morgan fingerprint density at radius 1 is 1.14 bits per heavy atom. The Morgan fingerprint density at radius 2 is 1.71 bits per heavy atom. The standard InChI is InChI=1S/C16H23FN2O2/c1-16(2,3)19-10-8-18(9-11-19)15(20)12-21-14-6-4-13(17)5-7-14/h4-7H,8-12H2,1-3H3. The van der Waals surface area contributed by atoms with E-state index in [9.17, 15) is 9.18 Å². The smallest absolute Gasteiger partial charge is 0.260 e. The van der Waals surface area contributed by atoms with Crippen LogP contribution >= 0.6 is 0 Å². The number of carbonyl (C=O) groups excluding carboxylic acids is 1. The van der Waals surface area contributed by atoms with Gasteiger partial charge in [0.2, 0.25) is 0 Å². The van der Waals surface area contributed by atoms with E-state index in [4.69, 9.17) is 4.74 Å². The second-order valence-corrected chi connectivity index (χ2v) is 6.28. The molecular formula is C16H23FN2O2. The van der Waals surface area contributed by atoms with Crippen LogP contribution in [0.25, 0.3) is 0 Å². The molecule has 0 N–H and O–H groups in total. The number of carbonyl (C=O) groups is 1. The van der Waals surface area contributed by atoms with Crippen LogP contribution in [0, 0.1) is 5.82 Å². The van der Waals surface area contributed by atoms with Crippen molar-refractivity contribution in [3.63, 3.8) is 0 Å². The summed E-state index contributed by atoms with van der Waals surface area (Å²) in [4.78, 5) is 16.3. The number of piperazine rings is 1. The van der Waals surface area contributed by atoms with E-state index in [-0.39, 0.29) is 23.9 Å². The van der Waals surface area contributed by atoms with E-state index in [2.05, 4.69) is 25.7 Å². The lowest BCUT2D eigenvalue weighted by molar-refractivity contribution is -0.135. The number of ether oxygens (including phenoxy) is 1. The second kappa shape index (κ2) is 6.43. The molecule has 0 atom stereocenters. The largest absolute Gasteiger partial charge is 0.484 e. The molecule has 0 bridgehead atoms. The molecular weight excluding hydrogens is 271 g/mol. The van der Waals surface area contributed by atoms with Gasteiger partial charge >= 0.3 is 0 Å². The fourth-order valence-electron chi connectivity index (χ4n) is 2.39. The zero-order valence-corrected chi connectivity index (χ0v) is 12.9. The summed E-state index contributed by atoms with van der Waals surface area (Å²) < 4.78 is 18.2. The van der Waals surface area contributed by atoms with Crippen molar-refractivity contribution < 1.29 is 13.9 Å². The lowest BCUT2D eigenvalue weighted by atomic mass is 10.1. The van der Waals surface area contributed by atoms with Crippen LogP contribution in [0.4, 0.5) is 4.39 Å². The Morgan fingerprint density at radius 3 is 2.24 bits per heavy atom. The van der Waals surface area contributed by atoms with Crippen LogP contribution in [0.15, 0.2) is 24.3 Å². The molecule has 116 valence electrons. The molecule has 0 radical (unpaired) electrons. The Labute approximate surface area is 125 Å². The van der Waals surface area contributed by atoms with Crippen molar-refractivity contribution >= 4 is 5.91 Å². The highest BCUT2D eigenvalue weighted by Crippen LogP contribution is 2.16. The van der Waals surface area contributed by atoms with Crippen LogP contribution in [-0.2, 0) is 4.79 Å². The third kappa shape index (κ3) is 4.43. The van der Waals surface area contributed by atoms with Gasteiger partial charge < -0.3 is 9.64 Å². The van der Waals surface area contributed by atoms with Gasteiger partial charge in [-0.05, 0) is 45.0 Å². The molecule has 21 heavy (non-hydrogen) atoms. The molecule has 1 saturated heterocycles. The molecule has 1 aromatic carbocycles. The van der Waals surface area contributed by atoms with Crippen LogP contribution in [0.5, 0.6) is 5.75 Å². The van der Waals surface area contributed by atoms with Gasteiger partial charge in [-0.1, -0.05) is 0 Å². The summed E-state index contributed by atoms with van der Waals surface area (Å²) in [5.41, 5.74) is 0.139. The first-order chi connectivity index (χ1) is 9.86. The Kier molecular flexibility index (Phi) is 4.83. The highest BCUT2D eigenvalue weighted by molar-refractivity contribution is 5.77. The lowest BCUT2D eigenvalue weighted by Crippen LogP contribution is -2.55. The van der Waals surface area contributed by atoms with Gasteiger partial charge in [-0.15, -0.1) is 0 Å². The molecule has 4 nitrogen and oxygen atoms in total. The molecule has 0 aliphatic carbocycles. The van der Waals surface area contributed by atoms with Crippen molar-refractivity contribution in [3.05, 3.63) is 30.1 Å². The number of hydrogen-bond donors (Lipinski definition) is 0. The zero-order chi connectivity index (χ0) is 15.5. The van der Waals surface area contributed by atoms with E-state index in [0.29, 0.717) is 5.75 Å². The normalized spacial score (nSPS) is 16.9. The quantitative estimate of drug-likeness (QED) is 0.856. The maximum absolute atomic E-state index is 12.8. The molecule has 1 aromatic rings. The van der Waals surface area contributed by atoms with Crippen molar-refractivity contribution in [2.75, 3.05) is 32.8 Å². The van der Waals surface area contributed by atoms with Crippen molar-refractivity contribution in [2.24, 2.45) is 0 Å². The minimum absolute atomic E-state index is 0.00114. The fourth-order valence-corrected chi connectivity index (χ4v) is 2.39. The molecule has 5 heteroatoms. The maximum atomic E-state index is 12.8. The van der Waals surface area contributed by atoms with Gasteiger partial charge in [-0.2, -0.15) is 0 Å². The number of benzene rings is 1. The Hall–Kier alpha value is -1.62. The van der Waals surface area contributed by atoms with Crippen LogP contribution in [0.2, 0.25) is 0 Å². The first-order valence-corrected chi connectivity index (χ1v) is 7.27. The minimum atomic E-state index is -0.313. The predicted octanol–water partition coefficient (Wildman–Crippen LogP) is 2.15. The third-order valence-corrected chi connectivity index (χ3v) is 3.76. The number of rotatable bonds is 3. The summed E-state index contributed by atoms with van der Waals surface area (Å²) >= 11 is 0.